The largest absolute Gasteiger partial charge is 0.269 e. The number of hydrogen-bond acceptors (Lipinski definition) is 4. The van der Waals surface area contributed by atoms with Crippen molar-refractivity contribution in [3.63, 3.8) is 0 Å². The van der Waals surface area contributed by atoms with Crippen LogP contribution in [0, 0.1) is 14.1 Å². The van der Waals surface area contributed by atoms with Crippen LogP contribution in [0.3, 0.4) is 0 Å². The van der Waals surface area contributed by atoms with E-state index in [2.05, 4.69) is 3.83 Å². The average Bonchev–Trinajstić information content (AvgIpc) is 1.21. The standard InChI is InChI=1S/C3H7BrO4/c1-3(2)8-4(5,6)7/h3H,1-2H3. The summed E-state index contributed by atoms with van der Waals surface area (Å²) in [5, 5.41) is 0. The summed E-state index contributed by atoms with van der Waals surface area (Å²) in [5.74, 6) is 0. The van der Waals surface area contributed by atoms with Crippen molar-refractivity contribution in [2.45, 2.75) is 20.0 Å². The number of hydrogen-bond donors (Lipinski definition) is 0. The van der Waals surface area contributed by atoms with Crippen LogP contribution in [-0.4, -0.2) is 6.10 Å². The van der Waals surface area contributed by atoms with Crippen LogP contribution in [0.25, 0.3) is 0 Å². The molecule has 0 radical (unpaired) electrons. The Bertz CT molecular complexity index is 66.2. The highest BCUT2D eigenvalue weighted by atomic mass is 80.0. The maximum atomic E-state index is 9.72. The molecule has 0 fully saturated rings. The van der Waals surface area contributed by atoms with E-state index in [9.17, 15) is 12.6 Å². The predicted octanol–water partition coefficient (Wildman–Crippen LogP) is -2.69. The predicted molar refractivity (Wildman–Crippen MR) is 16.2 cm³/mol. The van der Waals surface area contributed by atoms with Crippen LogP contribution in [-0.2, 0) is 3.83 Å². The molecule has 0 N–H and O–H groups in total. The van der Waals surface area contributed by atoms with E-state index in [1.165, 1.54) is 13.8 Å². The Balaban J connectivity index is 3.39. The third-order valence-electron chi connectivity index (χ3n) is 0.287. The summed E-state index contributed by atoms with van der Waals surface area (Å²) in [7, 11) is 0. The molecule has 0 aliphatic carbocycles. The molecule has 0 aliphatic heterocycles. The van der Waals surface area contributed by atoms with Crippen LogP contribution in [0.1, 0.15) is 13.8 Å². The molecule has 0 unspecified atom stereocenters. The molecule has 0 atom stereocenters. The highest BCUT2D eigenvalue weighted by Crippen LogP contribution is 1.94. The molecule has 4 nitrogen and oxygen atoms in total. The number of rotatable bonds is 2. The van der Waals surface area contributed by atoms with Crippen molar-refractivity contribution in [1.29, 1.82) is 0 Å². The smallest absolute Gasteiger partial charge is 0.227 e. The van der Waals surface area contributed by atoms with Crippen molar-refractivity contribution in [3.05, 3.63) is 0 Å². The monoisotopic (exact) mass is 186 g/mol. The molecule has 0 saturated heterocycles. The van der Waals surface area contributed by atoms with Crippen molar-refractivity contribution in [1.82, 2.24) is 0 Å². The van der Waals surface area contributed by atoms with Crippen molar-refractivity contribution < 1.29 is 30.5 Å². The minimum atomic E-state index is -4.99. The Kier molecular flexibility index (Phi) is 2.86. The molecule has 0 saturated carbocycles. The van der Waals surface area contributed by atoms with Gasteiger partial charge < -0.3 is 0 Å². The lowest BCUT2D eigenvalue weighted by Crippen LogP contribution is -2.61. The summed E-state index contributed by atoms with van der Waals surface area (Å²) in [6.45, 7) is 2.96. The molecule has 0 amide bonds. The lowest BCUT2D eigenvalue weighted by Gasteiger charge is -2.08. The van der Waals surface area contributed by atoms with Crippen LogP contribution in [0.5, 0.6) is 0 Å². The zero-order chi connectivity index (χ0) is 6.78. The van der Waals surface area contributed by atoms with Gasteiger partial charge in [-0.25, -0.2) is 12.6 Å². The van der Waals surface area contributed by atoms with E-state index in [4.69, 9.17) is 0 Å². The maximum Gasteiger partial charge on any atom is 0.269 e. The van der Waals surface area contributed by atoms with Gasteiger partial charge in [0.15, 0.2) is 6.10 Å². The summed E-state index contributed by atoms with van der Waals surface area (Å²) in [4.78, 5) is 0. The van der Waals surface area contributed by atoms with Gasteiger partial charge in [-0.05, 0) is 13.8 Å². The molecule has 50 valence electrons. The SMILES string of the molecule is CC(C)O[Br+3]([O-])([O-])[O-]. The zero-order valence-electron chi connectivity index (χ0n) is 4.59. The first-order chi connectivity index (χ1) is 3.42. The fraction of sp³-hybridized carbons (Fsp3) is 1.00. The van der Waals surface area contributed by atoms with Crippen LogP contribution in [0.4, 0.5) is 0 Å². The second-order valence-corrected chi connectivity index (χ2v) is 3.48. The van der Waals surface area contributed by atoms with Crippen LogP contribution in [0.15, 0.2) is 0 Å². The van der Waals surface area contributed by atoms with E-state index in [1.807, 2.05) is 0 Å². The molecule has 0 spiro atoms. The molecular formula is C3H7BrO4. The lowest BCUT2D eigenvalue weighted by molar-refractivity contribution is -1.92. The lowest BCUT2D eigenvalue weighted by atomic mass is 10.5. The Hall–Kier alpha value is 0.320. The van der Waals surface area contributed by atoms with Crippen molar-refractivity contribution >= 4 is 0 Å². The highest BCUT2D eigenvalue weighted by molar-refractivity contribution is 4.24. The fourth-order valence-electron chi connectivity index (χ4n) is 0.218. The normalized spacial score (nSPS) is 12.8. The van der Waals surface area contributed by atoms with E-state index in [1.54, 1.807) is 0 Å². The van der Waals surface area contributed by atoms with Gasteiger partial charge in [0, 0.05) is 3.83 Å². The summed E-state index contributed by atoms with van der Waals surface area (Å²) < 4.78 is 33.1. The summed E-state index contributed by atoms with van der Waals surface area (Å²) in [5.41, 5.74) is 0. The Morgan fingerprint density at radius 1 is 1.25 bits per heavy atom. The molecular weight excluding hydrogens is 180 g/mol. The van der Waals surface area contributed by atoms with E-state index in [0.29, 0.717) is 0 Å². The number of halogens is 1. The third kappa shape index (κ3) is 6.32. The van der Waals surface area contributed by atoms with Crippen molar-refractivity contribution in [3.8, 4) is 0 Å². The van der Waals surface area contributed by atoms with Crippen LogP contribution in [0.2, 0.25) is 0 Å². The second-order valence-electron chi connectivity index (χ2n) is 1.52. The van der Waals surface area contributed by atoms with Gasteiger partial charge in [-0.1, -0.05) is 0 Å². The molecule has 0 aromatic carbocycles. The van der Waals surface area contributed by atoms with Gasteiger partial charge in [0.2, 0.25) is 0 Å². The summed E-state index contributed by atoms with van der Waals surface area (Å²) >= 11 is -4.99. The first-order valence-electron chi connectivity index (χ1n) is 2.01. The molecule has 8 heavy (non-hydrogen) atoms. The van der Waals surface area contributed by atoms with Gasteiger partial charge in [0.1, 0.15) is 0 Å². The molecule has 0 rings (SSSR count). The second kappa shape index (κ2) is 2.75. The van der Waals surface area contributed by atoms with Gasteiger partial charge in [-0.15, -0.1) is 0 Å². The van der Waals surface area contributed by atoms with Gasteiger partial charge in [-0.2, -0.15) is 0 Å². The maximum absolute atomic E-state index is 9.72. The molecule has 0 heterocycles. The van der Waals surface area contributed by atoms with Gasteiger partial charge in [-0.3, -0.25) is 0 Å². The quantitative estimate of drug-likeness (QED) is 0.471. The van der Waals surface area contributed by atoms with E-state index >= 15 is 0 Å². The summed E-state index contributed by atoms with van der Waals surface area (Å²) in [6, 6.07) is 0. The zero-order valence-corrected chi connectivity index (χ0v) is 6.17. The Labute approximate surface area is 51.2 Å². The Morgan fingerprint density at radius 2 is 1.62 bits per heavy atom. The van der Waals surface area contributed by atoms with Crippen LogP contribution >= 0.6 is 0 Å². The van der Waals surface area contributed by atoms with Gasteiger partial charge in [0.25, 0.3) is 14.1 Å². The minimum Gasteiger partial charge on any atom is -0.227 e. The van der Waals surface area contributed by atoms with Gasteiger partial charge >= 0.3 is 0 Å². The molecule has 5 heteroatoms. The Morgan fingerprint density at radius 3 is 1.62 bits per heavy atom. The van der Waals surface area contributed by atoms with E-state index in [-0.39, 0.29) is 0 Å². The molecule has 0 bridgehead atoms. The van der Waals surface area contributed by atoms with E-state index < -0.39 is 20.2 Å². The van der Waals surface area contributed by atoms with Gasteiger partial charge in [0.05, 0.1) is 0 Å². The molecule has 0 aromatic rings. The first-order valence-corrected chi connectivity index (χ1v) is 4.60. The third-order valence-corrected chi connectivity index (χ3v) is 1.49. The topological polar surface area (TPSA) is 78.4 Å². The first kappa shape index (κ1) is 8.32. The molecule has 0 aliphatic rings. The minimum absolute atomic E-state index is 0.532. The van der Waals surface area contributed by atoms with Crippen LogP contribution < -0.4 is 12.6 Å². The fourth-order valence-corrected chi connectivity index (χ4v) is 1.13. The summed E-state index contributed by atoms with van der Waals surface area (Å²) in [6.07, 6.45) is -0.532. The molecule has 0 aromatic heterocycles. The van der Waals surface area contributed by atoms with Crippen molar-refractivity contribution in [2.24, 2.45) is 0 Å². The highest BCUT2D eigenvalue weighted by Gasteiger charge is 2.24. The average molecular weight is 187 g/mol. The van der Waals surface area contributed by atoms with E-state index in [0.717, 1.165) is 0 Å². The van der Waals surface area contributed by atoms with Crippen molar-refractivity contribution in [2.75, 3.05) is 0 Å².